The van der Waals surface area contributed by atoms with Gasteiger partial charge in [0.05, 0.1) is 25.1 Å². The Morgan fingerprint density at radius 3 is 2.86 bits per heavy atom. The van der Waals surface area contributed by atoms with E-state index in [9.17, 15) is 9.59 Å². The molecule has 22 heavy (non-hydrogen) atoms. The molecule has 0 radical (unpaired) electrons. The average Bonchev–Trinajstić information content (AvgIpc) is 3.04. The molecule has 2 rings (SSSR count). The Labute approximate surface area is 130 Å². The summed E-state index contributed by atoms with van der Waals surface area (Å²) >= 11 is 0. The number of likely N-dealkylation sites (tertiary alicyclic amines) is 1. The van der Waals surface area contributed by atoms with Crippen molar-refractivity contribution in [1.82, 2.24) is 19.8 Å². The molecule has 0 unspecified atom stereocenters. The number of aromatic nitrogens is 2. The van der Waals surface area contributed by atoms with Crippen LogP contribution in [-0.4, -0.2) is 52.1 Å². The topological polar surface area (TPSA) is 76.5 Å². The molecule has 0 saturated carbocycles. The van der Waals surface area contributed by atoms with Gasteiger partial charge in [0.15, 0.2) is 0 Å². The van der Waals surface area contributed by atoms with Gasteiger partial charge in [0.25, 0.3) is 0 Å². The van der Waals surface area contributed by atoms with Gasteiger partial charge < -0.3 is 19.5 Å². The largest absolute Gasteiger partial charge is 0.382 e. The summed E-state index contributed by atoms with van der Waals surface area (Å²) in [6.45, 7) is 2.99. The lowest BCUT2D eigenvalue weighted by Crippen LogP contribution is -2.52. The van der Waals surface area contributed by atoms with Crippen LogP contribution < -0.4 is 5.32 Å². The second kappa shape index (κ2) is 6.91. The Hall–Kier alpha value is -1.89. The molecule has 1 atom stereocenters. The van der Waals surface area contributed by atoms with Gasteiger partial charge in [-0.2, -0.15) is 0 Å². The molecule has 0 aromatic carbocycles. The molecular weight excluding hydrogens is 284 g/mol. The molecule has 1 saturated heterocycles. The van der Waals surface area contributed by atoms with E-state index < -0.39 is 5.54 Å². The van der Waals surface area contributed by atoms with E-state index in [0.29, 0.717) is 19.7 Å². The number of ether oxygens (including phenoxy) is 1. The summed E-state index contributed by atoms with van der Waals surface area (Å²) in [4.78, 5) is 30.1. The number of hydrogen-bond donors (Lipinski definition) is 1. The van der Waals surface area contributed by atoms with Gasteiger partial charge in [0.2, 0.25) is 11.8 Å². The number of imidazole rings is 1. The van der Waals surface area contributed by atoms with Crippen LogP contribution in [0.4, 0.5) is 0 Å². The van der Waals surface area contributed by atoms with Gasteiger partial charge in [-0.1, -0.05) is 0 Å². The van der Waals surface area contributed by atoms with Crippen LogP contribution in [0.2, 0.25) is 0 Å². The first kappa shape index (κ1) is 16.5. The fourth-order valence-electron chi connectivity index (χ4n) is 3.19. The maximum Gasteiger partial charge on any atom is 0.222 e. The van der Waals surface area contributed by atoms with Crippen molar-refractivity contribution in [3.05, 3.63) is 18.2 Å². The minimum absolute atomic E-state index is 0.00792. The highest BCUT2D eigenvalue weighted by molar-refractivity contribution is 5.80. The normalized spacial score (nSPS) is 21.1. The minimum Gasteiger partial charge on any atom is -0.382 e. The van der Waals surface area contributed by atoms with Crippen LogP contribution in [0.15, 0.2) is 12.4 Å². The lowest BCUT2D eigenvalue weighted by Gasteiger charge is -2.37. The first-order chi connectivity index (χ1) is 10.5. The van der Waals surface area contributed by atoms with Crippen molar-refractivity contribution in [2.75, 3.05) is 20.3 Å². The fourth-order valence-corrected chi connectivity index (χ4v) is 3.19. The molecule has 1 aromatic rings. The van der Waals surface area contributed by atoms with Gasteiger partial charge in [0, 0.05) is 40.0 Å². The zero-order chi connectivity index (χ0) is 16.2. The van der Waals surface area contributed by atoms with E-state index in [4.69, 9.17) is 4.74 Å². The molecule has 7 heteroatoms. The van der Waals surface area contributed by atoms with Crippen molar-refractivity contribution in [3.8, 4) is 0 Å². The summed E-state index contributed by atoms with van der Waals surface area (Å²) in [5.74, 6) is 0.698. The third-order valence-electron chi connectivity index (χ3n) is 4.24. The first-order valence-corrected chi connectivity index (χ1v) is 7.48. The molecule has 0 aliphatic carbocycles. The van der Waals surface area contributed by atoms with Gasteiger partial charge in [-0.15, -0.1) is 0 Å². The maximum atomic E-state index is 12.3. The molecule has 0 bridgehead atoms. The zero-order valence-corrected chi connectivity index (χ0v) is 13.5. The van der Waals surface area contributed by atoms with E-state index in [2.05, 4.69) is 10.3 Å². The Morgan fingerprint density at radius 2 is 2.27 bits per heavy atom. The number of aryl methyl sites for hydroxylation is 1. The van der Waals surface area contributed by atoms with Gasteiger partial charge >= 0.3 is 0 Å². The Kier molecular flexibility index (Phi) is 5.18. The Bertz CT molecular complexity index is 543. The SMILES string of the molecule is COC[C@]1(CC(=O)NCc2nccn2C)CCCN1C(C)=O. The van der Waals surface area contributed by atoms with Crippen molar-refractivity contribution < 1.29 is 14.3 Å². The van der Waals surface area contributed by atoms with E-state index in [-0.39, 0.29) is 18.2 Å². The lowest BCUT2D eigenvalue weighted by atomic mass is 9.92. The quantitative estimate of drug-likeness (QED) is 0.828. The highest BCUT2D eigenvalue weighted by Crippen LogP contribution is 2.33. The van der Waals surface area contributed by atoms with Crippen LogP contribution in [0.25, 0.3) is 0 Å². The second-order valence-corrected chi connectivity index (χ2v) is 5.84. The van der Waals surface area contributed by atoms with Gasteiger partial charge in [0.1, 0.15) is 5.82 Å². The summed E-state index contributed by atoms with van der Waals surface area (Å²) in [5, 5.41) is 2.88. The number of amides is 2. The molecule has 122 valence electrons. The highest BCUT2D eigenvalue weighted by atomic mass is 16.5. The summed E-state index contributed by atoms with van der Waals surface area (Å²) in [6, 6.07) is 0. The number of rotatable bonds is 6. The second-order valence-electron chi connectivity index (χ2n) is 5.84. The predicted molar refractivity (Wildman–Crippen MR) is 80.9 cm³/mol. The predicted octanol–water partition coefficient (Wildman–Crippen LogP) is 0.454. The summed E-state index contributed by atoms with van der Waals surface area (Å²) in [7, 11) is 3.49. The lowest BCUT2D eigenvalue weighted by molar-refractivity contribution is -0.137. The Balaban J connectivity index is 2.00. The molecule has 2 amide bonds. The molecule has 2 heterocycles. The van der Waals surface area contributed by atoms with Crippen molar-refractivity contribution in [3.63, 3.8) is 0 Å². The smallest absolute Gasteiger partial charge is 0.222 e. The fraction of sp³-hybridized carbons (Fsp3) is 0.667. The van der Waals surface area contributed by atoms with E-state index in [1.165, 1.54) is 0 Å². The molecule has 1 aromatic heterocycles. The van der Waals surface area contributed by atoms with E-state index in [1.807, 2.05) is 17.8 Å². The first-order valence-electron chi connectivity index (χ1n) is 7.48. The van der Waals surface area contributed by atoms with Crippen molar-refractivity contribution >= 4 is 11.8 Å². The summed E-state index contributed by atoms with van der Waals surface area (Å²) < 4.78 is 7.15. The third kappa shape index (κ3) is 3.47. The van der Waals surface area contributed by atoms with E-state index in [1.54, 1.807) is 25.1 Å². The standard InChI is InChI=1S/C15H24N4O3/c1-12(20)19-7-4-5-15(19,11-22-3)9-14(21)17-10-13-16-6-8-18(13)2/h6,8H,4-5,7,9-11H2,1-3H3,(H,17,21)/t15-/m1/s1. The van der Waals surface area contributed by atoms with Gasteiger partial charge in [-0.3, -0.25) is 9.59 Å². The van der Waals surface area contributed by atoms with Crippen molar-refractivity contribution in [2.45, 2.75) is 38.3 Å². The average molecular weight is 308 g/mol. The number of methoxy groups -OCH3 is 1. The summed E-state index contributed by atoms with van der Waals surface area (Å²) in [5.41, 5.74) is -0.522. The number of hydrogen-bond acceptors (Lipinski definition) is 4. The van der Waals surface area contributed by atoms with Gasteiger partial charge in [-0.05, 0) is 12.8 Å². The molecule has 1 N–H and O–H groups in total. The number of nitrogens with one attached hydrogen (secondary N) is 1. The third-order valence-corrected chi connectivity index (χ3v) is 4.24. The molecule has 1 aliphatic heterocycles. The van der Waals surface area contributed by atoms with E-state index >= 15 is 0 Å². The van der Waals surface area contributed by atoms with Gasteiger partial charge in [-0.25, -0.2) is 4.98 Å². The van der Waals surface area contributed by atoms with Crippen LogP contribution in [0.5, 0.6) is 0 Å². The number of carbonyl (C=O) groups excluding carboxylic acids is 2. The summed E-state index contributed by atoms with van der Waals surface area (Å²) in [6.07, 6.45) is 5.47. The van der Waals surface area contributed by atoms with Crippen LogP contribution >= 0.6 is 0 Å². The van der Waals surface area contributed by atoms with Crippen LogP contribution in [0.3, 0.4) is 0 Å². The maximum absolute atomic E-state index is 12.3. The minimum atomic E-state index is -0.522. The van der Waals surface area contributed by atoms with E-state index in [0.717, 1.165) is 18.7 Å². The monoisotopic (exact) mass is 308 g/mol. The molecular formula is C15H24N4O3. The molecule has 7 nitrogen and oxygen atoms in total. The zero-order valence-electron chi connectivity index (χ0n) is 13.5. The van der Waals surface area contributed by atoms with Crippen LogP contribution in [-0.2, 0) is 27.9 Å². The molecule has 1 aliphatic rings. The van der Waals surface area contributed by atoms with Crippen molar-refractivity contribution in [2.24, 2.45) is 7.05 Å². The number of nitrogens with zero attached hydrogens (tertiary/aromatic N) is 3. The molecule has 1 fully saturated rings. The van der Waals surface area contributed by atoms with Crippen LogP contribution in [0.1, 0.15) is 32.0 Å². The highest BCUT2D eigenvalue weighted by Gasteiger charge is 2.44. The number of carbonyl (C=O) groups is 2. The Morgan fingerprint density at radius 1 is 1.50 bits per heavy atom. The van der Waals surface area contributed by atoms with Crippen LogP contribution in [0, 0.1) is 0 Å². The molecule has 0 spiro atoms. The van der Waals surface area contributed by atoms with Crippen molar-refractivity contribution in [1.29, 1.82) is 0 Å².